The maximum Gasteiger partial charge on any atom is 0.320 e. The van der Waals surface area contributed by atoms with Crippen LogP contribution in [0.25, 0.3) is 35.6 Å². The van der Waals surface area contributed by atoms with E-state index in [1.165, 1.54) is 36.7 Å². The Bertz CT molecular complexity index is 2310. The van der Waals surface area contributed by atoms with Crippen LogP contribution in [-0.4, -0.2) is 51.8 Å². The van der Waals surface area contributed by atoms with E-state index >= 15 is 0 Å². The van der Waals surface area contributed by atoms with Gasteiger partial charge in [-0.3, -0.25) is 9.59 Å². The van der Waals surface area contributed by atoms with Crippen molar-refractivity contribution in [2.24, 2.45) is 23.7 Å². The van der Waals surface area contributed by atoms with Crippen LogP contribution in [0.4, 0.5) is 0 Å². The van der Waals surface area contributed by atoms with E-state index in [1.807, 2.05) is 19.1 Å². The Morgan fingerprint density at radius 1 is 0.982 bits per heavy atom. The summed E-state index contributed by atoms with van der Waals surface area (Å²) in [6.07, 6.45) is 16.4. The van der Waals surface area contributed by atoms with Crippen molar-refractivity contribution in [3.8, 4) is 0 Å². The number of fused-ring (bicyclic) bond motifs is 8. The van der Waals surface area contributed by atoms with Gasteiger partial charge < -0.3 is 34.8 Å². The van der Waals surface area contributed by atoms with Crippen LogP contribution in [0.2, 0.25) is 0 Å². The molecule has 1 unspecified atom stereocenters. The first-order valence-electron chi connectivity index (χ1n) is 20.1. The fraction of sp³-hybridized carbons (Fsp3) is 0.478. The highest BCUT2D eigenvalue weighted by molar-refractivity contribution is 5.95. The molecule has 3 aromatic heterocycles. The van der Waals surface area contributed by atoms with Gasteiger partial charge in [-0.25, -0.2) is 0 Å². The average Bonchev–Trinajstić information content (AvgIpc) is 3.90. The monoisotopic (exact) mass is 748 g/mol. The molecule has 0 amide bonds. The van der Waals surface area contributed by atoms with Gasteiger partial charge in [-0.1, -0.05) is 58.8 Å². The van der Waals surface area contributed by atoms with Crippen LogP contribution in [0.5, 0.6) is 0 Å². The van der Waals surface area contributed by atoms with Gasteiger partial charge in [0.1, 0.15) is 18.3 Å². The van der Waals surface area contributed by atoms with Crippen LogP contribution in [0.15, 0.2) is 23.9 Å². The number of nitrogens with one attached hydrogen (secondary N) is 4. The lowest BCUT2D eigenvalue weighted by molar-refractivity contribution is -0.143. The quantitative estimate of drug-likeness (QED) is 0.105. The summed E-state index contributed by atoms with van der Waals surface area (Å²) >= 11 is 0. The molecule has 0 aromatic carbocycles. The third-order valence-electron chi connectivity index (χ3n) is 12.6. The molecule has 0 spiro atoms. The minimum absolute atomic E-state index is 0.0180. The molecule has 5 N–H and O–H groups in total. The van der Waals surface area contributed by atoms with Gasteiger partial charge in [-0.2, -0.15) is 0 Å². The number of carbonyl (C=O) groups is 2. The summed E-state index contributed by atoms with van der Waals surface area (Å²) in [4.78, 5) is 37.8. The molecular weight excluding hydrogens is 689 g/mol. The van der Waals surface area contributed by atoms with E-state index in [4.69, 9.17) is 9.47 Å². The van der Waals surface area contributed by atoms with Crippen LogP contribution >= 0.6 is 0 Å². The molecule has 9 nitrogen and oxygen atoms in total. The lowest BCUT2D eigenvalue weighted by Crippen LogP contribution is -2.38. The second-order valence-electron chi connectivity index (χ2n) is 16.0. The lowest BCUT2D eigenvalue weighted by atomic mass is 9.80. The molecule has 3 aromatic rings. The van der Waals surface area contributed by atoms with Crippen molar-refractivity contribution in [1.82, 2.24) is 20.3 Å². The number of aliphatic hydroxyl groups is 1. The Morgan fingerprint density at radius 2 is 1.71 bits per heavy atom. The Balaban J connectivity index is 1.44. The van der Waals surface area contributed by atoms with Gasteiger partial charge in [0.2, 0.25) is 0 Å². The SMILES string of the molecule is C=Cc1c2[nH]c(c1C)/C=C1\NC(C3=c4[nH]c(c(C)c4=C(O)[C@@H]3C(=O)OC)C=c3[nH]/c(c(C)c3CC)=C\2)[C@@H](CCC(=O)OC/C=C(\C)CCC[C@H](C)CC)[C@@H]1C. The van der Waals surface area contributed by atoms with Crippen molar-refractivity contribution in [3.63, 3.8) is 0 Å². The maximum atomic E-state index is 13.6. The summed E-state index contributed by atoms with van der Waals surface area (Å²) in [5.74, 6) is -1.20. The van der Waals surface area contributed by atoms with Gasteiger partial charge >= 0.3 is 11.9 Å². The third kappa shape index (κ3) is 7.54. The Morgan fingerprint density at radius 3 is 2.40 bits per heavy atom. The number of rotatable bonds is 13. The zero-order valence-corrected chi connectivity index (χ0v) is 34.2. The summed E-state index contributed by atoms with van der Waals surface area (Å²) in [5, 5.41) is 19.0. The number of hydrogen-bond acceptors (Lipinski definition) is 6. The van der Waals surface area contributed by atoms with Gasteiger partial charge in [0.25, 0.3) is 0 Å². The number of esters is 2. The van der Waals surface area contributed by atoms with Crippen molar-refractivity contribution in [1.29, 1.82) is 0 Å². The molecule has 8 bridgehead atoms. The molecule has 0 saturated carbocycles. The van der Waals surface area contributed by atoms with E-state index in [0.717, 1.165) is 86.3 Å². The van der Waals surface area contributed by atoms with Gasteiger partial charge in [0.15, 0.2) is 0 Å². The summed E-state index contributed by atoms with van der Waals surface area (Å²) in [5.41, 5.74) is 11.0. The Labute approximate surface area is 325 Å². The molecule has 1 fully saturated rings. The molecule has 5 heterocycles. The van der Waals surface area contributed by atoms with Crippen LogP contribution in [0.3, 0.4) is 0 Å². The summed E-state index contributed by atoms with van der Waals surface area (Å²) in [6, 6.07) is -0.390. The lowest BCUT2D eigenvalue weighted by Gasteiger charge is -2.26. The van der Waals surface area contributed by atoms with Crippen LogP contribution in [0, 0.1) is 44.4 Å². The molecule has 1 aliphatic carbocycles. The first-order chi connectivity index (χ1) is 26.3. The van der Waals surface area contributed by atoms with Crippen molar-refractivity contribution in [2.45, 2.75) is 106 Å². The number of aliphatic hydroxyl groups excluding tert-OH is 1. The Kier molecular flexibility index (Phi) is 11.9. The number of aromatic amines is 3. The number of H-pyrrole nitrogens is 3. The van der Waals surface area contributed by atoms with E-state index in [2.05, 4.69) is 93.5 Å². The number of allylic oxidation sites excluding steroid dienone is 2. The zero-order chi connectivity index (χ0) is 39.7. The van der Waals surface area contributed by atoms with E-state index in [1.54, 1.807) is 0 Å². The highest BCUT2D eigenvalue weighted by atomic mass is 16.5. The highest BCUT2D eigenvalue weighted by Crippen LogP contribution is 2.42. The number of aromatic nitrogens is 3. The maximum absolute atomic E-state index is 13.6. The molecule has 1 saturated heterocycles. The van der Waals surface area contributed by atoms with Gasteiger partial charge in [-0.05, 0) is 117 Å². The van der Waals surface area contributed by atoms with Crippen molar-refractivity contribution in [2.75, 3.05) is 13.7 Å². The predicted octanol–water partition coefficient (Wildman–Crippen LogP) is 6.14. The molecule has 6 rings (SSSR count). The molecule has 294 valence electrons. The number of ether oxygens (including phenoxy) is 2. The van der Waals surface area contributed by atoms with Crippen LogP contribution in [-0.2, 0) is 25.5 Å². The normalized spacial score (nSPS) is 22.3. The molecule has 0 radical (unpaired) electrons. The first-order valence-corrected chi connectivity index (χ1v) is 20.1. The molecular formula is C46H60N4O5. The number of hydrogen-bond donors (Lipinski definition) is 5. The first kappa shape index (κ1) is 39.8. The smallest absolute Gasteiger partial charge is 0.320 e. The van der Waals surface area contributed by atoms with E-state index in [-0.39, 0.29) is 36.6 Å². The minimum Gasteiger partial charge on any atom is -0.510 e. The molecule has 5 atom stereocenters. The van der Waals surface area contributed by atoms with E-state index < -0.39 is 17.9 Å². The van der Waals surface area contributed by atoms with E-state index in [0.29, 0.717) is 11.6 Å². The third-order valence-corrected chi connectivity index (χ3v) is 12.6. The number of methoxy groups -OCH3 is 1. The van der Waals surface area contributed by atoms with Gasteiger partial charge in [0.05, 0.1) is 18.5 Å². The summed E-state index contributed by atoms with van der Waals surface area (Å²) < 4.78 is 11.1. The fourth-order valence-corrected chi connectivity index (χ4v) is 8.95. The van der Waals surface area contributed by atoms with Crippen LogP contribution < -0.4 is 26.6 Å². The van der Waals surface area contributed by atoms with Crippen molar-refractivity contribution in [3.05, 3.63) is 90.1 Å². The summed E-state index contributed by atoms with van der Waals surface area (Å²) in [7, 11) is 1.35. The minimum atomic E-state index is -0.990. The number of carbonyl (C=O) groups excluding carboxylic acids is 2. The zero-order valence-electron chi connectivity index (χ0n) is 34.2. The molecule has 2 aliphatic heterocycles. The second-order valence-corrected chi connectivity index (χ2v) is 16.0. The topological polar surface area (TPSA) is 132 Å². The summed E-state index contributed by atoms with van der Waals surface area (Å²) in [6.45, 7) is 21.6. The second kappa shape index (κ2) is 16.4. The molecule has 9 heteroatoms. The predicted molar refractivity (Wildman–Crippen MR) is 221 cm³/mol. The standard InChI is InChI=1S/C46H60N4O5/c1-11-24(4)15-14-16-25(5)19-20-55-39(51)18-17-32-28(8)35-21-33-26(6)30(12-2)37(47-33)22-34-27(7)31(13-3)38(48-34)23-36-29(9)40-44(50-36)41(43(32)49-35)42(45(40)52)46(53)54-10/h12,19,21-24,28,32,42-43,47-50,52H,2,11,13-18,20H2,1,3-10H3/b25-19+,34-22-,35-21-,38-23?/t24-,28+,32+,42-,43?/m1/s1. The van der Waals surface area contributed by atoms with Crippen molar-refractivity contribution >= 4 is 47.6 Å². The highest BCUT2D eigenvalue weighted by Gasteiger charge is 2.47. The average molecular weight is 749 g/mol. The van der Waals surface area contributed by atoms with Crippen molar-refractivity contribution < 1.29 is 24.2 Å². The molecule has 55 heavy (non-hydrogen) atoms. The van der Waals surface area contributed by atoms with E-state index in [9.17, 15) is 14.7 Å². The Hall–Kier alpha value is -4.92. The largest absolute Gasteiger partial charge is 0.510 e. The fourth-order valence-electron chi connectivity index (χ4n) is 8.95. The van der Waals surface area contributed by atoms with Gasteiger partial charge in [0, 0.05) is 56.6 Å². The van der Waals surface area contributed by atoms with Crippen LogP contribution in [0.1, 0.15) is 118 Å². The molecule has 3 aliphatic rings. The van der Waals surface area contributed by atoms with Gasteiger partial charge in [-0.15, -0.1) is 0 Å².